The van der Waals surface area contributed by atoms with E-state index in [0.29, 0.717) is 49.7 Å². The normalized spacial score (nSPS) is 27.1. The van der Waals surface area contributed by atoms with Crippen molar-refractivity contribution in [3.8, 4) is 12.1 Å². The summed E-state index contributed by atoms with van der Waals surface area (Å²) in [5, 5.41) is 19.0. The zero-order valence-electron chi connectivity index (χ0n) is 19.0. The number of aromatic nitrogens is 2. The van der Waals surface area contributed by atoms with Crippen molar-refractivity contribution in [2.75, 3.05) is 31.1 Å². The average molecular weight is 445 g/mol. The van der Waals surface area contributed by atoms with Gasteiger partial charge in [-0.1, -0.05) is 32.9 Å². The van der Waals surface area contributed by atoms with Gasteiger partial charge in [0.25, 0.3) is 0 Å². The Morgan fingerprint density at radius 3 is 2.18 bits per heavy atom. The number of amides is 1. The summed E-state index contributed by atoms with van der Waals surface area (Å²) in [5.74, 6) is -0.271. The van der Waals surface area contributed by atoms with Crippen LogP contribution in [0, 0.1) is 33.9 Å². The third-order valence-electron chi connectivity index (χ3n) is 8.61. The Bertz CT molecular complexity index is 1250. The highest BCUT2D eigenvalue weighted by Crippen LogP contribution is 2.70. The average Bonchev–Trinajstić information content (AvgIpc) is 3.12. The van der Waals surface area contributed by atoms with Crippen molar-refractivity contribution in [2.45, 2.75) is 44.4 Å². The van der Waals surface area contributed by atoms with Crippen LogP contribution in [0.2, 0.25) is 0 Å². The van der Waals surface area contributed by atoms with E-state index < -0.39 is 16.2 Å². The number of nitriles is 2. The first-order chi connectivity index (χ1) is 15.7. The summed E-state index contributed by atoms with van der Waals surface area (Å²) >= 11 is 0. The second-order valence-electron chi connectivity index (χ2n) is 9.93. The van der Waals surface area contributed by atoms with Crippen LogP contribution in [0.25, 0.3) is 0 Å². The lowest BCUT2D eigenvalue weighted by Crippen LogP contribution is -2.57. The van der Waals surface area contributed by atoms with E-state index in [1.54, 1.807) is 12.1 Å². The van der Waals surface area contributed by atoms with Crippen molar-refractivity contribution in [1.29, 1.82) is 10.5 Å². The molecule has 1 amide bonds. The van der Waals surface area contributed by atoms with E-state index in [1.807, 2.05) is 28.0 Å². The first-order valence-electron chi connectivity index (χ1n) is 11.2. The fraction of sp³-hybridized carbons (Fsp3) is 0.480. The van der Waals surface area contributed by atoms with Crippen LogP contribution < -0.4 is 4.90 Å². The summed E-state index contributed by atoms with van der Waals surface area (Å²) in [4.78, 5) is 27.1. The highest BCUT2D eigenvalue weighted by Gasteiger charge is 2.73. The van der Waals surface area contributed by atoms with Gasteiger partial charge in [0.05, 0.1) is 22.5 Å². The number of benzene rings is 1. The molecule has 8 heteroatoms. The Kier molecular flexibility index (Phi) is 4.52. The van der Waals surface area contributed by atoms with Gasteiger partial charge in [0, 0.05) is 31.6 Å². The predicted octanol–water partition coefficient (Wildman–Crippen LogP) is 3.04. The van der Waals surface area contributed by atoms with Crippen LogP contribution in [0.15, 0.2) is 24.3 Å². The molecule has 5 rings (SSSR count). The number of halogens is 1. The molecule has 2 atom stereocenters. The molecular formula is C25H25FN6O. The minimum atomic E-state index is -0.899. The van der Waals surface area contributed by atoms with Gasteiger partial charge >= 0.3 is 0 Å². The number of hydrogen-bond donors (Lipinski definition) is 0. The van der Waals surface area contributed by atoms with Gasteiger partial charge in [0.1, 0.15) is 18.0 Å². The molecule has 1 saturated carbocycles. The van der Waals surface area contributed by atoms with Crippen LogP contribution in [0.3, 0.4) is 0 Å². The molecule has 2 heterocycles. The summed E-state index contributed by atoms with van der Waals surface area (Å²) in [6, 6.07) is 10.7. The van der Waals surface area contributed by atoms with E-state index in [1.165, 1.54) is 6.07 Å². The first kappa shape index (κ1) is 21.3. The molecule has 168 valence electrons. The molecule has 0 spiro atoms. The summed E-state index contributed by atoms with van der Waals surface area (Å²) in [7, 11) is 0. The SMILES string of the molecule is CC12CCC(C(=O)N3CCN(c4ccccc4F)CC3)(c3nc(C#N)c(C#N)nc31)C2(C)C. The molecule has 33 heavy (non-hydrogen) atoms. The smallest absolute Gasteiger partial charge is 0.235 e. The predicted molar refractivity (Wildman–Crippen MR) is 119 cm³/mol. The molecule has 2 aliphatic carbocycles. The largest absolute Gasteiger partial charge is 0.366 e. The second-order valence-corrected chi connectivity index (χ2v) is 9.93. The van der Waals surface area contributed by atoms with E-state index in [-0.39, 0.29) is 23.1 Å². The third-order valence-corrected chi connectivity index (χ3v) is 8.61. The molecule has 1 aromatic heterocycles. The molecule has 2 aromatic rings. The standard InChI is InChI=1S/C25H25FN6O/c1-23(2)24(3)8-9-25(23,21-20(24)29-17(14-27)18(15-28)30-21)22(33)32-12-10-31(11-13-32)19-7-5-4-6-16(19)26/h4-7H,8-13H2,1-3H3. The fourth-order valence-corrected chi connectivity index (χ4v) is 6.24. The highest BCUT2D eigenvalue weighted by molar-refractivity contribution is 5.92. The zero-order chi connectivity index (χ0) is 23.6. The van der Waals surface area contributed by atoms with Gasteiger partial charge < -0.3 is 9.80 Å². The maximum absolute atomic E-state index is 14.3. The number of anilines is 1. The van der Waals surface area contributed by atoms with E-state index in [2.05, 4.69) is 30.7 Å². The monoisotopic (exact) mass is 444 g/mol. The van der Waals surface area contributed by atoms with Crippen molar-refractivity contribution in [3.05, 3.63) is 52.9 Å². The van der Waals surface area contributed by atoms with Gasteiger partial charge in [-0.15, -0.1) is 0 Å². The number of carbonyl (C=O) groups excluding carboxylic acids is 1. The summed E-state index contributed by atoms with van der Waals surface area (Å²) in [5.41, 5.74) is -0.0318. The molecular weight excluding hydrogens is 419 g/mol. The molecule has 2 unspecified atom stereocenters. The van der Waals surface area contributed by atoms with Gasteiger partial charge in [-0.25, -0.2) is 14.4 Å². The number of rotatable bonds is 2. The van der Waals surface area contributed by atoms with Gasteiger partial charge in [-0.2, -0.15) is 10.5 Å². The fourth-order valence-electron chi connectivity index (χ4n) is 6.24. The van der Waals surface area contributed by atoms with Crippen LogP contribution >= 0.6 is 0 Å². The highest BCUT2D eigenvalue weighted by atomic mass is 19.1. The molecule has 3 aliphatic rings. The van der Waals surface area contributed by atoms with Gasteiger partial charge in [0.15, 0.2) is 11.4 Å². The number of hydrogen-bond acceptors (Lipinski definition) is 6. The van der Waals surface area contributed by atoms with Crippen LogP contribution in [0.5, 0.6) is 0 Å². The van der Waals surface area contributed by atoms with Crippen LogP contribution in [-0.2, 0) is 15.6 Å². The van der Waals surface area contributed by atoms with Crippen molar-refractivity contribution in [3.63, 3.8) is 0 Å². The Morgan fingerprint density at radius 2 is 1.58 bits per heavy atom. The summed E-state index contributed by atoms with van der Waals surface area (Å²) in [6.07, 6.45) is 1.39. The minimum absolute atomic E-state index is 0.00828. The Balaban J connectivity index is 1.51. The van der Waals surface area contributed by atoms with E-state index >= 15 is 0 Å². The lowest BCUT2D eigenvalue weighted by molar-refractivity contribution is -0.141. The number of carbonyl (C=O) groups is 1. The minimum Gasteiger partial charge on any atom is -0.366 e. The topological polar surface area (TPSA) is 96.9 Å². The van der Waals surface area contributed by atoms with Gasteiger partial charge in [0.2, 0.25) is 5.91 Å². The molecule has 1 saturated heterocycles. The van der Waals surface area contributed by atoms with Crippen LogP contribution in [0.1, 0.15) is 56.4 Å². The number of nitrogens with zero attached hydrogens (tertiary/aromatic N) is 6. The quantitative estimate of drug-likeness (QED) is 0.706. The Hall–Kier alpha value is -3.52. The third kappa shape index (κ3) is 2.55. The maximum Gasteiger partial charge on any atom is 0.235 e. The van der Waals surface area contributed by atoms with Crippen molar-refractivity contribution < 1.29 is 9.18 Å². The molecule has 1 aliphatic heterocycles. The molecule has 2 bridgehead atoms. The number of para-hydroxylation sites is 1. The Labute approximate surface area is 192 Å². The molecule has 0 radical (unpaired) electrons. The summed E-state index contributed by atoms with van der Waals surface area (Å²) in [6.45, 7) is 8.28. The molecule has 7 nitrogen and oxygen atoms in total. The van der Waals surface area contributed by atoms with Crippen LogP contribution in [0.4, 0.5) is 10.1 Å². The van der Waals surface area contributed by atoms with E-state index in [9.17, 15) is 19.7 Å². The van der Waals surface area contributed by atoms with Gasteiger partial charge in [-0.05, 0) is 30.4 Å². The molecule has 1 aromatic carbocycles. The van der Waals surface area contributed by atoms with E-state index in [4.69, 9.17) is 0 Å². The lowest BCUT2D eigenvalue weighted by Gasteiger charge is -2.44. The van der Waals surface area contributed by atoms with Gasteiger partial charge in [-0.3, -0.25) is 4.79 Å². The van der Waals surface area contributed by atoms with Crippen molar-refractivity contribution >= 4 is 11.6 Å². The summed E-state index contributed by atoms with van der Waals surface area (Å²) < 4.78 is 14.3. The van der Waals surface area contributed by atoms with Crippen molar-refractivity contribution in [1.82, 2.24) is 14.9 Å². The lowest BCUT2D eigenvalue weighted by atomic mass is 9.63. The van der Waals surface area contributed by atoms with Crippen molar-refractivity contribution in [2.24, 2.45) is 5.41 Å². The molecule has 0 N–H and O–H groups in total. The Morgan fingerprint density at radius 1 is 0.970 bits per heavy atom. The second kappa shape index (κ2) is 6.99. The first-order valence-corrected chi connectivity index (χ1v) is 11.2. The van der Waals surface area contributed by atoms with Crippen LogP contribution in [-0.4, -0.2) is 47.0 Å². The van der Waals surface area contributed by atoms with E-state index in [0.717, 1.165) is 6.42 Å². The number of piperazine rings is 1. The maximum atomic E-state index is 14.3. The molecule has 2 fully saturated rings. The number of fused-ring (bicyclic) bond motifs is 5. The zero-order valence-corrected chi connectivity index (χ0v) is 19.0.